The van der Waals surface area contributed by atoms with Crippen molar-refractivity contribution in [3.8, 4) is 0 Å². The Labute approximate surface area is 120 Å². The molecular weight excluding hydrogens is 274 g/mol. The number of nitro groups is 1. The number of nitrogen functional groups attached to an aromatic ring is 1. The van der Waals surface area contributed by atoms with E-state index in [0.717, 1.165) is 0 Å². The zero-order valence-corrected chi connectivity index (χ0v) is 11.4. The van der Waals surface area contributed by atoms with E-state index in [2.05, 4.69) is 10.3 Å². The van der Waals surface area contributed by atoms with Gasteiger partial charge in [0.05, 0.1) is 11.3 Å². The molecule has 1 atom stereocenters. The molecule has 1 unspecified atom stereocenters. The highest BCUT2D eigenvalue weighted by molar-refractivity contribution is 5.95. The molecule has 1 heterocycles. The molecule has 0 aliphatic rings. The quantitative estimate of drug-likeness (QED) is 0.487. The maximum Gasteiger partial charge on any atom is 0.292 e. The first-order chi connectivity index (χ1) is 9.97. The molecule has 1 aromatic carbocycles. The van der Waals surface area contributed by atoms with Crippen molar-refractivity contribution < 1.29 is 9.72 Å². The lowest BCUT2D eigenvalue weighted by molar-refractivity contribution is -0.383. The number of anilines is 1. The van der Waals surface area contributed by atoms with Gasteiger partial charge in [-0.2, -0.15) is 0 Å². The van der Waals surface area contributed by atoms with Gasteiger partial charge in [0.25, 0.3) is 11.6 Å². The Morgan fingerprint density at radius 2 is 2.33 bits per heavy atom. The van der Waals surface area contributed by atoms with Crippen LogP contribution in [0.5, 0.6) is 0 Å². The van der Waals surface area contributed by atoms with Crippen molar-refractivity contribution >= 4 is 17.3 Å². The molecule has 2 rings (SSSR count). The zero-order valence-electron chi connectivity index (χ0n) is 11.4. The predicted molar refractivity (Wildman–Crippen MR) is 76.7 cm³/mol. The highest BCUT2D eigenvalue weighted by Gasteiger charge is 2.16. The molecule has 21 heavy (non-hydrogen) atoms. The van der Waals surface area contributed by atoms with Gasteiger partial charge in [-0.1, -0.05) is 0 Å². The maximum atomic E-state index is 12.1. The molecule has 0 saturated heterocycles. The van der Waals surface area contributed by atoms with E-state index < -0.39 is 4.92 Å². The summed E-state index contributed by atoms with van der Waals surface area (Å²) in [6, 6.07) is 3.84. The number of rotatable bonds is 5. The zero-order chi connectivity index (χ0) is 15.4. The number of nitrogens with two attached hydrogens (primary N) is 1. The van der Waals surface area contributed by atoms with E-state index >= 15 is 0 Å². The first kappa shape index (κ1) is 14.5. The first-order valence-corrected chi connectivity index (χ1v) is 6.28. The van der Waals surface area contributed by atoms with Gasteiger partial charge in [-0.25, -0.2) is 4.98 Å². The molecule has 0 aliphatic carbocycles. The minimum Gasteiger partial charge on any atom is -0.393 e. The van der Waals surface area contributed by atoms with Crippen LogP contribution in [0.3, 0.4) is 0 Å². The molecule has 0 saturated carbocycles. The Kier molecular flexibility index (Phi) is 4.17. The number of carbonyl (C=O) groups excluding carboxylic acids is 1. The molecule has 110 valence electrons. The van der Waals surface area contributed by atoms with E-state index in [0.29, 0.717) is 6.54 Å². The van der Waals surface area contributed by atoms with Crippen molar-refractivity contribution in [2.45, 2.75) is 19.5 Å². The fraction of sp³-hybridized carbons (Fsp3) is 0.231. The summed E-state index contributed by atoms with van der Waals surface area (Å²) in [7, 11) is 0. The predicted octanol–water partition coefficient (Wildman–Crippen LogP) is 1.19. The highest BCUT2D eigenvalue weighted by atomic mass is 16.6. The van der Waals surface area contributed by atoms with Crippen LogP contribution in [0, 0.1) is 10.1 Å². The number of imidazole rings is 1. The number of amides is 1. The molecule has 0 aliphatic heterocycles. The van der Waals surface area contributed by atoms with Crippen molar-refractivity contribution in [1.82, 2.24) is 14.9 Å². The molecule has 1 aromatic heterocycles. The van der Waals surface area contributed by atoms with Gasteiger partial charge in [-0.15, -0.1) is 0 Å². The molecule has 0 spiro atoms. The van der Waals surface area contributed by atoms with Crippen LogP contribution in [0.15, 0.2) is 36.9 Å². The molecule has 0 fully saturated rings. The Morgan fingerprint density at radius 3 is 2.95 bits per heavy atom. The van der Waals surface area contributed by atoms with Crippen LogP contribution in [-0.4, -0.2) is 26.4 Å². The summed E-state index contributed by atoms with van der Waals surface area (Å²) in [5.74, 6) is -0.384. The van der Waals surface area contributed by atoms with Crippen LogP contribution < -0.4 is 11.1 Å². The Hall–Kier alpha value is -2.90. The van der Waals surface area contributed by atoms with E-state index in [1.165, 1.54) is 18.2 Å². The number of aromatic nitrogens is 2. The minimum absolute atomic E-state index is 0.0306. The summed E-state index contributed by atoms with van der Waals surface area (Å²) in [4.78, 5) is 26.2. The third-order valence-electron chi connectivity index (χ3n) is 2.91. The van der Waals surface area contributed by atoms with Crippen LogP contribution in [0.2, 0.25) is 0 Å². The van der Waals surface area contributed by atoms with E-state index in [4.69, 9.17) is 5.73 Å². The minimum atomic E-state index is -0.610. The molecule has 8 heteroatoms. The number of hydrogen-bond acceptors (Lipinski definition) is 5. The lowest BCUT2D eigenvalue weighted by Crippen LogP contribution is -2.35. The average Bonchev–Trinajstić information content (AvgIpc) is 2.91. The lowest BCUT2D eigenvalue weighted by atomic mass is 10.1. The molecule has 8 nitrogen and oxygen atoms in total. The summed E-state index contributed by atoms with van der Waals surface area (Å²) in [5, 5.41) is 13.6. The second-order valence-corrected chi connectivity index (χ2v) is 4.66. The van der Waals surface area contributed by atoms with Crippen molar-refractivity contribution in [2.24, 2.45) is 0 Å². The fourth-order valence-corrected chi connectivity index (χ4v) is 1.91. The van der Waals surface area contributed by atoms with Crippen LogP contribution >= 0.6 is 0 Å². The monoisotopic (exact) mass is 289 g/mol. The number of benzene rings is 1. The second kappa shape index (κ2) is 6.04. The van der Waals surface area contributed by atoms with Gasteiger partial charge in [-0.3, -0.25) is 14.9 Å². The van der Waals surface area contributed by atoms with Crippen molar-refractivity contribution in [3.63, 3.8) is 0 Å². The fourth-order valence-electron chi connectivity index (χ4n) is 1.91. The van der Waals surface area contributed by atoms with Crippen molar-refractivity contribution in [2.75, 3.05) is 5.73 Å². The number of carbonyl (C=O) groups is 1. The average molecular weight is 289 g/mol. The van der Waals surface area contributed by atoms with Crippen LogP contribution in [-0.2, 0) is 6.54 Å². The SMILES string of the molecule is CC(Cn1ccnc1)NC(=O)c1ccc(N)c([N+](=O)[O-])c1. The third-order valence-corrected chi connectivity index (χ3v) is 2.91. The van der Waals surface area contributed by atoms with Gasteiger partial charge < -0.3 is 15.6 Å². The van der Waals surface area contributed by atoms with Gasteiger partial charge in [0, 0.05) is 36.6 Å². The topological polar surface area (TPSA) is 116 Å². The van der Waals surface area contributed by atoms with Gasteiger partial charge in [0.2, 0.25) is 0 Å². The summed E-state index contributed by atoms with van der Waals surface area (Å²) in [6.07, 6.45) is 5.09. The van der Waals surface area contributed by atoms with Crippen molar-refractivity contribution in [1.29, 1.82) is 0 Å². The largest absolute Gasteiger partial charge is 0.393 e. The van der Waals surface area contributed by atoms with Crippen LogP contribution in [0.4, 0.5) is 11.4 Å². The molecule has 0 radical (unpaired) electrons. The number of nitrogens with one attached hydrogen (secondary N) is 1. The van der Waals surface area contributed by atoms with Crippen LogP contribution in [0.1, 0.15) is 17.3 Å². The summed E-state index contributed by atoms with van der Waals surface area (Å²) in [5.41, 5.74) is 5.46. The second-order valence-electron chi connectivity index (χ2n) is 4.66. The normalized spacial score (nSPS) is 11.9. The highest BCUT2D eigenvalue weighted by Crippen LogP contribution is 2.22. The van der Waals surface area contributed by atoms with Gasteiger partial charge in [0.15, 0.2) is 0 Å². The first-order valence-electron chi connectivity index (χ1n) is 6.28. The van der Waals surface area contributed by atoms with E-state index in [9.17, 15) is 14.9 Å². The summed E-state index contributed by atoms with van der Waals surface area (Å²) in [6.45, 7) is 2.40. The molecule has 2 aromatic rings. The molecular formula is C13H15N5O3. The number of nitro benzene ring substituents is 1. The molecule has 0 bridgehead atoms. The molecule has 3 N–H and O–H groups in total. The molecule has 1 amide bonds. The standard InChI is InChI=1S/C13H15N5O3/c1-9(7-17-5-4-15-8-17)16-13(19)10-2-3-11(14)12(6-10)18(20)21/h2-6,8-9H,7,14H2,1H3,(H,16,19). The van der Waals surface area contributed by atoms with E-state index in [1.807, 2.05) is 11.5 Å². The van der Waals surface area contributed by atoms with E-state index in [1.54, 1.807) is 18.7 Å². The lowest BCUT2D eigenvalue weighted by Gasteiger charge is -2.14. The van der Waals surface area contributed by atoms with Gasteiger partial charge in [-0.05, 0) is 19.1 Å². The smallest absolute Gasteiger partial charge is 0.292 e. The van der Waals surface area contributed by atoms with Crippen LogP contribution in [0.25, 0.3) is 0 Å². The Bertz CT molecular complexity index is 654. The Balaban J connectivity index is 2.06. The third kappa shape index (κ3) is 3.56. The maximum absolute atomic E-state index is 12.1. The number of nitrogens with zero attached hydrogens (tertiary/aromatic N) is 3. The van der Waals surface area contributed by atoms with Gasteiger partial charge >= 0.3 is 0 Å². The van der Waals surface area contributed by atoms with E-state index in [-0.39, 0.29) is 28.9 Å². The van der Waals surface area contributed by atoms with Gasteiger partial charge in [0.1, 0.15) is 5.69 Å². The number of hydrogen-bond donors (Lipinski definition) is 2. The van der Waals surface area contributed by atoms with Crippen molar-refractivity contribution in [3.05, 3.63) is 52.6 Å². The Morgan fingerprint density at radius 1 is 1.57 bits per heavy atom. The summed E-state index contributed by atoms with van der Waals surface area (Å²) < 4.78 is 1.83. The summed E-state index contributed by atoms with van der Waals surface area (Å²) >= 11 is 0.